The molecule has 2 aromatic heterocycles. The molecular weight excluding hydrogens is 527 g/mol. The van der Waals surface area contributed by atoms with Gasteiger partial charge in [-0.15, -0.1) is 0 Å². The van der Waals surface area contributed by atoms with Gasteiger partial charge in [0.25, 0.3) is 0 Å². The highest BCUT2D eigenvalue weighted by atomic mass is 32.2. The van der Waals surface area contributed by atoms with Crippen LogP contribution in [-0.2, 0) is 29.2 Å². The number of halogens is 3. The van der Waals surface area contributed by atoms with E-state index in [2.05, 4.69) is 19.9 Å². The van der Waals surface area contributed by atoms with Crippen molar-refractivity contribution in [3.05, 3.63) is 96.1 Å². The number of rotatable bonds is 7. The predicted octanol–water partition coefficient (Wildman–Crippen LogP) is 4.66. The van der Waals surface area contributed by atoms with Crippen molar-refractivity contribution in [2.24, 2.45) is 0 Å². The van der Waals surface area contributed by atoms with Gasteiger partial charge in [-0.3, -0.25) is 9.88 Å². The van der Waals surface area contributed by atoms with E-state index in [9.17, 15) is 21.6 Å². The Morgan fingerprint density at radius 3 is 2.05 bits per heavy atom. The number of benzene rings is 2. The Balaban J connectivity index is 1.56. The maximum Gasteiger partial charge on any atom is 0.451 e. The summed E-state index contributed by atoms with van der Waals surface area (Å²) in [6.07, 6.45) is -1.26. The third kappa shape index (κ3) is 6.43. The van der Waals surface area contributed by atoms with Gasteiger partial charge < -0.3 is 4.90 Å². The van der Waals surface area contributed by atoms with E-state index in [1.54, 1.807) is 36.7 Å². The van der Waals surface area contributed by atoms with Crippen LogP contribution in [0.4, 0.5) is 19.0 Å². The average molecular weight is 554 g/mol. The highest BCUT2D eigenvalue weighted by Crippen LogP contribution is 2.40. The van der Waals surface area contributed by atoms with Crippen molar-refractivity contribution in [2.45, 2.75) is 18.5 Å². The van der Waals surface area contributed by atoms with Crippen molar-refractivity contribution >= 4 is 16.5 Å². The second kappa shape index (κ2) is 11.5. The Morgan fingerprint density at radius 2 is 1.44 bits per heavy atom. The highest BCUT2D eigenvalue weighted by molar-refractivity contribution is 7.71. The van der Waals surface area contributed by atoms with E-state index in [0.717, 1.165) is 12.1 Å². The molecule has 0 bridgehead atoms. The number of nitrogens with zero attached hydrogens (tertiary/aromatic N) is 5. The number of anilines is 1. The van der Waals surface area contributed by atoms with Crippen molar-refractivity contribution in [1.82, 2.24) is 19.9 Å². The molecule has 11 heteroatoms. The summed E-state index contributed by atoms with van der Waals surface area (Å²) in [6.45, 7) is 3.02. The van der Waals surface area contributed by atoms with Crippen LogP contribution < -0.4 is 4.90 Å². The molecule has 4 aromatic rings. The molecular formula is C28H26F3N5O2S. The summed E-state index contributed by atoms with van der Waals surface area (Å²) in [7, 11) is -2.63. The number of thiol groups is 1. The molecule has 0 saturated carbocycles. The molecule has 0 N–H and O–H groups in total. The van der Waals surface area contributed by atoms with Crippen LogP contribution in [0.5, 0.6) is 0 Å². The Kier molecular flexibility index (Phi) is 7.89. The van der Waals surface area contributed by atoms with Crippen LogP contribution in [0.2, 0.25) is 0 Å². The summed E-state index contributed by atoms with van der Waals surface area (Å²) in [4.78, 5) is 16.3. The summed E-state index contributed by atoms with van der Waals surface area (Å²) in [5, 5.41) is 0. The zero-order valence-corrected chi connectivity index (χ0v) is 21.8. The Hall–Kier alpha value is -3.83. The summed E-state index contributed by atoms with van der Waals surface area (Å²) in [6, 6.07) is 19.5. The molecule has 0 atom stereocenters. The van der Waals surface area contributed by atoms with Crippen molar-refractivity contribution in [3.63, 3.8) is 0 Å². The van der Waals surface area contributed by atoms with Crippen molar-refractivity contribution in [1.29, 1.82) is 0 Å². The van der Waals surface area contributed by atoms with Crippen LogP contribution in [-0.4, -0.2) is 54.4 Å². The molecule has 0 radical (unpaired) electrons. The summed E-state index contributed by atoms with van der Waals surface area (Å²) < 4.78 is 64.4. The van der Waals surface area contributed by atoms with Gasteiger partial charge in [-0.05, 0) is 28.8 Å². The molecule has 1 fully saturated rings. The lowest BCUT2D eigenvalue weighted by Gasteiger charge is -2.36. The van der Waals surface area contributed by atoms with Crippen LogP contribution in [0.15, 0.2) is 79.1 Å². The maximum absolute atomic E-state index is 14.1. The van der Waals surface area contributed by atoms with Crippen LogP contribution in [0.3, 0.4) is 0 Å². The standard InChI is InChI=1S/C28H26F3N5O2S/c29-28(30,31)27-33-25(23-8-6-21(7-9-23)19-39(37)38)24(22-4-2-1-3-5-22)26(34-27)36-16-14-35(15-17-36)18-20-10-12-32-13-11-20/h1-13,39H,14-19H2. The summed E-state index contributed by atoms with van der Waals surface area (Å²) in [5.74, 6) is -1.12. The van der Waals surface area contributed by atoms with E-state index in [4.69, 9.17) is 0 Å². The Bertz CT molecular complexity index is 1480. The largest absolute Gasteiger partial charge is 0.451 e. The fraction of sp³-hybridized carbons (Fsp3) is 0.250. The van der Waals surface area contributed by atoms with Gasteiger partial charge in [0.2, 0.25) is 5.82 Å². The Labute approximate surface area is 225 Å². The minimum absolute atomic E-state index is 0.145. The molecule has 7 nitrogen and oxygen atoms in total. The molecule has 2 aromatic carbocycles. The highest BCUT2D eigenvalue weighted by Gasteiger charge is 2.38. The first-order chi connectivity index (χ1) is 18.8. The van der Waals surface area contributed by atoms with Gasteiger partial charge in [-0.1, -0.05) is 54.6 Å². The molecule has 5 rings (SSSR count). The molecule has 1 saturated heterocycles. The fourth-order valence-electron chi connectivity index (χ4n) is 4.67. The third-order valence-electron chi connectivity index (χ3n) is 6.57. The van der Waals surface area contributed by atoms with Gasteiger partial charge in [-0.25, -0.2) is 18.4 Å². The third-order valence-corrected chi connectivity index (χ3v) is 7.20. The maximum atomic E-state index is 14.1. The van der Waals surface area contributed by atoms with Gasteiger partial charge >= 0.3 is 6.18 Å². The molecule has 0 amide bonds. The Morgan fingerprint density at radius 1 is 0.769 bits per heavy atom. The van der Waals surface area contributed by atoms with Crippen LogP contribution in [0, 0.1) is 0 Å². The van der Waals surface area contributed by atoms with E-state index in [-0.39, 0.29) is 17.3 Å². The smallest absolute Gasteiger partial charge is 0.353 e. The monoisotopic (exact) mass is 553 g/mol. The minimum atomic E-state index is -4.75. The van der Waals surface area contributed by atoms with Gasteiger partial charge in [0, 0.05) is 50.7 Å². The van der Waals surface area contributed by atoms with E-state index < -0.39 is 22.7 Å². The molecule has 3 heterocycles. The lowest BCUT2D eigenvalue weighted by molar-refractivity contribution is -0.144. The number of pyridine rings is 1. The first-order valence-corrected chi connectivity index (χ1v) is 13.8. The SMILES string of the molecule is O=[SH](=O)Cc1ccc(-c2nc(C(F)(F)F)nc(N3CCN(Cc4ccncc4)CC3)c2-c2ccccc2)cc1. The van der Waals surface area contributed by atoms with Crippen molar-refractivity contribution in [3.8, 4) is 22.4 Å². The number of hydrogen-bond acceptors (Lipinski definition) is 7. The molecule has 0 unspecified atom stereocenters. The topological polar surface area (TPSA) is 79.3 Å². The van der Waals surface area contributed by atoms with Crippen LogP contribution in [0.25, 0.3) is 22.4 Å². The lowest BCUT2D eigenvalue weighted by atomic mass is 9.98. The van der Waals surface area contributed by atoms with E-state index >= 15 is 0 Å². The fourth-order valence-corrected chi connectivity index (χ4v) is 5.17. The summed E-state index contributed by atoms with van der Waals surface area (Å²) in [5.41, 5.74) is 3.47. The molecule has 1 aliphatic rings. The first-order valence-electron chi connectivity index (χ1n) is 12.4. The zero-order chi connectivity index (χ0) is 27.4. The predicted molar refractivity (Wildman–Crippen MR) is 144 cm³/mol. The van der Waals surface area contributed by atoms with Gasteiger partial charge in [-0.2, -0.15) is 13.2 Å². The first kappa shape index (κ1) is 26.8. The van der Waals surface area contributed by atoms with Gasteiger partial charge in [0.15, 0.2) is 0 Å². The lowest BCUT2D eigenvalue weighted by Crippen LogP contribution is -2.46. The van der Waals surface area contributed by atoms with Gasteiger partial charge in [0.1, 0.15) is 16.5 Å². The van der Waals surface area contributed by atoms with Crippen molar-refractivity contribution in [2.75, 3.05) is 31.1 Å². The van der Waals surface area contributed by atoms with E-state index in [1.165, 1.54) is 0 Å². The van der Waals surface area contributed by atoms with Gasteiger partial charge in [0.05, 0.1) is 17.0 Å². The summed E-state index contributed by atoms with van der Waals surface area (Å²) >= 11 is 0. The molecule has 39 heavy (non-hydrogen) atoms. The average Bonchev–Trinajstić information content (AvgIpc) is 2.93. The number of aromatic nitrogens is 3. The second-order valence-corrected chi connectivity index (χ2v) is 10.2. The second-order valence-electron chi connectivity index (χ2n) is 9.26. The molecule has 0 aliphatic carbocycles. The quantitative estimate of drug-likeness (QED) is 0.334. The molecule has 1 aliphatic heterocycles. The van der Waals surface area contributed by atoms with E-state index in [1.807, 2.05) is 47.4 Å². The normalized spacial score (nSPS) is 14.6. The number of piperazine rings is 1. The van der Waals surface area contributed by atoms with Crippen LogP contribution >= 0.6 is 0 Å². The minimum Gasteiger partial charge on any atom is -0.353 e. The zero-order valence-electron chi connectivity index (χ0n) is 20.9. The van der Waals surface area contributed by atoms with E-state index in [0.29, 0.717) is 48.4 Å². The number of hydrogen-bond donors (Lipinski definition) is 1. The van der Waals surface area contributed by atoms with Crippen molar-refractivity contribution < 1.29 is 21.6 Å². The molecule has 202 valence electrons. The molecule has 0 spiro atoms. The number of alkyl halides is 3. The van der Waals surface area contributed by atoms with Crippen LogP contribution in [0.1, 0.15) is 17.0 Å².